The summed E-state index contributed by atoms with van der Waals surface area (Å²) in [6.45, 7) is 4.55. The molecule has 1 aliphatic rings. The third-order valence-corrected chi connectivity index (χ3v) is 8.71. The number of carbonyl (C=O) groups is 2. The summed E-state index contributed by atoms with van der Waals surface area (Å²) in [7, 11) is 0. The summed E-state index contributed by atoms with van der Waals surface area (Å²) >= 11 is 0. The number of rotatable bonds is 26. The van der Waals surface area contributed by atoms with Gasteiger partial charge in [-0.05, 0) is 87.9 Å². The maximum atomic E-state index is 10.8. The van der Waals surface area contributed by atoms with Crippen LogP contribution in [0.3, 0.4) is 0 Å². The first-order valence-electron chi connectivity index (χ1n) is 16.9. The van der Waals surface area contributed by atoms with Crippen LogP contribution in [-0.4, -0.2) is 22.2 Å². The van der Waals surface area contributed by atoms with Crippen LogP contribution >= 0.6 is 0 Å². The molecule has 4 atom stereocenters. The number of carboxylic acids is 2. The van der Waals surface area contributed by atoms with Crippen LogP contribution in [0.15, 0.2) is 36.5 Å². The van der Waals surface area contributed by atoms with Crippen LogP contribution < -0.4 is 0 Å². The van der Waals surface area contributed by atoms with E-state index in [1.54, 1.807) is 0 Å². The highest BCUT2D eigenvalue weighted by Gasteiger charge is 2.34. The molecule has 0 aromatic heterocycles. The molecule has 0 heterocycles. The van der Waals surface area contributed by atoms with Crippen molar-refractivity contribution >= 4 is 11.9 Å². The predicted molar refractivity (Wildman–Crippen MR) is 170 cm³/mol. The van der Waals surface area contributed by atoms with Crippen molar-refractivity contribution in [2.75, 3.05) is 0 Å². The van der Waals surface area contributed by atoms with Gasteiger partial charge in [0.15, 0.2) is 0 Å². The van der Waals surface area contributed by atoms with Crippen LogP contribution in [0.2, 0.25) is 0 Å². The van der Waals surface area contributed by atoms with E-state index in [2.05, 4.69) is 50.3 Å². The molecular weight excluding hydrogens is 496 g/mol. The summed E-state index contributed by atoms with van der Waals surface area (Å²) in [5.41, 5.74) is 0. The molecule has 4 heteroatoms. The van der Waals surface area contributed by atoms with Gasteiger partial charge < -0.3 is 10.2 Å². The quantitative estimate of drug-likeness (QED) is 0.0817. The Labute approximate surface area is 246 Å². The molecule has 0 amide bonds. The van der Waals surface area contributed by atoms with Crippen molar-refractivity contribution in [2.45, 2.75) is 155 Å². The normalized spacial score (nSPS) is 21.1. The van der Waals surface area contributed by atoms with E-state index in [4.69, 9.17) is 10.2 Å². The van der Waals surface area contributed by atoms with E-state index < -0.39 is 11.9 Å². The van der Waals surface area contributed by atoms with E-state index in [0.29, 0.717) is 30.1 Å². The Kier molecular flexibility index (Phi) is 22.5. The second kappa shape index (κ2) is 24.9. The maximum Gasteiger partial charge on any atom is 0.303 e. The molecule has 40 heavy (non-hydrogen) atoms. The van der Waals surface area contributed by atoms with Gasteiger partial charge in [-0.15, -0.1) is 0 Å². The third kappa shape index (κ3) is 18.5. The van der Waals surface area contributed by atoms with Crippen molar-refractivity contribution in [3.63, 3.8) is 0 Å². The van der Waals surface area contributed by atoms with Crippen molar-refractivity contribution in [2.24, 2.45) is 23.7 Å². The number of carboxylic acid groups (broad SMARTS) is 2. The molecule has 4 unspecified atom stereocenters. The Balaban J connectivity index is 2.84. The Morgan fingerprint density at radius 3 is 1.45 bits per heavy atom. The second-order valence-electron chi connectivity index (χ2n) is 12.1. The average Bonchev–Trinajstić information content (AvgIpc) is 2.92. The fraction of sp³-hybridized carbons (Fsp3) is 0.778. The molecule has 4 nitrogen and oxygen atoms in total. The lowest BCUT2D eigenvalue weighted by molar-refractivity contribution is -0.138. The maximum absolute atomic E-state index is 10.8. The van der Waals surface area contributed by atoms with E-state index in [1.807, 2.05) is 0 Å². The van der Waals surface area contributed by atoms with E-state index >= 15 is 0 Å². The fourth-order valence-electron chi connectivity index (χ4n) is 6.31. The fourth-order valence-corrected chi connectivity index (χ4v) is 6.31. The van der Waals surface area contributed by atoms with Crippen LogP contribution in [0.25, 0.3) is 0 Å². The van der Waals surface area contributed by atoms with Crippen molar-refractivity contribution in [1.82, 2.24) is 0 Å². The van der Waals surface area contributed by atoms with E-state index in [-0.39, 0.29) is 6.42 Å². The highest BCUT2D eigenvalue weighted by Crippen LogP contribution is 2.43. The lowest BCUT2D eigenvalue weighted by Crippen LogP contribution is -2.31. The Morgan fingerprint density at radius 2 is 0.950 bits per heavy atom. The first-order valence-corrected chi connectivity index (χ1v) is 16.9. The first kappa shape index (κ1) is 36.2. The van der Waals surface area contributed by atoms with E-state index in [1.165, 1.54) is 83.5 Å². The third-order valence-electron chi connectivity index (χ3n) is 8.71. The minimum Gasteiger partial charge on any atom is -0.481 e. The molecule has 1 aliphatic carbocycles. The summed E-state index contributed by atoms with van der Waals surface area (Å²) < 4.78 is 0. The molecule has 0 saturated heterocycles. The number of aliphatic carboxylic acids is 2. The van der Waals surface area contributed by atoms with E-state index in [9.17, 15) is 9.59 Å². The molecule has 0 radical (unpaired) electrons. The molecule has 2 N–H and O–H groups in total. The van der Waals surface area contributed by atoms with Crippen molar-refractivity contribution in [3.8, 4) is 0 Å². The zero-order valence-electron chi connectivity index (χ0n) is 26.0. The number of allylic oxidation sites excluding steroid dienone is 6. The Bertz CT molecular complexity index is 722. The van der Waals surface area contributed by atoms with Crippen LogP contribution in [0, 0.1) is 23.7 Å². The summed E-state index contributed by atoms with van der Waals surface area (Å²) in [6.07, 6.45) is 38.5. The zero-order chi connectivity index (χ0) is 29.3. The highest BCUT2D eigenvalue weighted by molar-refractivity contribution is 5.66. The van der Waals surface area contributed by atoms with Gasteiger partial charge in [-0.3, -0.25) is 9.59 Å². The van der Waals surface area contributed by atoms with Gasteiger partial charge >= 0.3 is 11.9 Å². The van der Waals surface area contributed by atoms with E-state index in [0.717, 1.165) is 44.9 Å². The average molecular weight is 559 g/mol. The predicted octanol–water partition coefficient (Wildman–Crippen LogP) is 10.9. The largest absolute Gasteiger partial charge is 0.481 e. The number of hydrogen-bond acceptors (Lipinski definition) is 2. The molecule has 0 spiro atoms. The Hall–Kier alpha value is -1.84. The molecule has 0 saturated carbocycles. The van der Waals surface area contributed by atoms with Gasteiger partial charge in [-0.2, -0.15) is 0 Å². The lowest BCUT2D eigenvalue weighted by Gasteiger charge is -2.40. The summed E-state index contributed by atoms with van der Waals surface area (Å²) in [4.78, 5) is 21.6. The molecule has 0 fully saturated rings. The second-order valence-corrected chi connectivity index (χ2v) is 12.1. The minimum absolute atomic E-state index is 0.270. The van der Waals surface area contributed by atoms with Crippen molar-refractivity contribution < 1.29 is 19.8 Å². The smallest absolute Gasteiger partial charge is 0.303 e. The molecule has 0 aliphatic heterocycles. The topological polar surface area (TPSA) is 74.6 Å². The lowest BCUT2D eigenvalue weighted by atomic mass is 9.65. The number of unbranched alkanes of at least 4 members (excludes halogenated alkanes) is 12. The molecule has 0 aromatic rings. The van der Waals surface area contributed by atoms with Gasteiger partial charge in [0.25, 0.3) is 0 Å². The van der Waals surface area contributed by atoms with Gasteiger partial charge in [0, 0.05) is 12.8 Å². The van der Waals surface area contributed by atoms with Crippen LogP contribution in [0.1, 0.15) is 155 Å². The SMILES string of the molecule is CCCCCC=CCC1C(CCCCCC)C=CC(CCCCCCCC(=O)O)C1CC=CCCCCC(=O)O. The van der Waals surface area contributed by atoms with Gasteiger partial charge in [0.1, 0.15) is 0 Å². The highest BCUT2D eigenvalue weighted by atomic mass is 16.4. The minimum atomic E-state index is -0.696. The first-order chi connectivity index (χ1) is 19.5. The van der Waals surface area contributed by atoms with Crippen LogP contribution in [0.4, 0.5) is 0 Å². The standard InChI is InChI=1S/C36H62O4/c1-3-5-7-9-13-19-25-33-31(23-17-8-6-4-2)29-30-32(24-18-12-10-15-21-27-35(37)38)34(33)26-20-14-11-16-22-28-36(39)40/h13-14,19-20,29-34H,3-12,15-18,21-28H2,1-2H3,(H,37,38)(H,39,40). The van der Waals surface area contributed by atoms with Crippen molar-refractivity contribution in [1.29, 1.82) is 0 Å². The number of hydrogen-bond donors (Lipinski definition) is 2. The summed E-state index contributed by atoms with van der Waals surface area (Å²) in [5, 5.41) is 17.8. The summed E-state index contributed by atoms with van der Waals surface area (Å²) in [5.74, 6) is 1.24. The zero-order valence-corrected chi connectivity index (χ0v) is 26.0. The monoisotopic (exact) mass is 558 g/mol. The molecule has 230 valence electrons. The molecular formula is C36H62O4. The Morgan fingerprint density at radius 1 is 0.550 bits per heavy atom. The molecule has 1 rings (SSSR count). The molecule has 0 aromatic carbocycles. The molecule has 0 bridgehead atoms. The van der Waals surface area contributed by atoms with Crippen molar-refractivity contribution in [3.05, 3.63) is 36.5 Å². The van der Waals surface area contributed by atoms with Gasteiger partial charge in [0.05, 0.1) is 0 Å². The van der Waals surface area contributed by atoms with Crippen LogP contribution in [-0.2, 0) is 9.59 Å². The summed E-state index contributed by atoms with van der Waals surface area (Å²) in [6, 6.07) is 0. The van der Waals surface area contributed by atoms with Gasteiger partial charge in [0.2, 0.25) is 0 Å². The van der Waals surface area contributed by atoms with Gasteiger partial charge in [-0.25, -0.2) is 0 Å². The van der Waals surface area contributed by atoms with Gasteiger partial charge in [-0.1, -0.05) is 115 Å². The van der Waals surface area contributed by atoms with Crippen LogP contribution in [0.5, 0.6) is 0 Å².